The van der Waals surface area contributed by atoms with Gasteiger partial charge in [0.2, 0.25) is 5.91 Å². The molecule has 2 amide bonds. The summed E-state index contributed by atoms with van der Waals surface area (Å²) in [7, 11) is 1.56. The molecule has 2 aromatic carbocycles. The molecule has 0 unspecified atom stereocenters. The van der Waals surface area contributed by atoms with Crippen LogP contribution >= 0.6 is 15.9 Å². The molecular formula is C23H23BrN4O3. The highest BCUT2D eigenvalue weighted by Crippen LogP contribution is 2.34. The Labute approximate surface area is 189 Å². The van der Waals surface area contributed by atoms with Gasteiger partial charge in [0.1, 0.15) is 5.75 Å². The molecule has 0 saturated carbocycles. The molecule has 0 radical (unpaired) electrons. The first-order valence-electron chi connectivity index (χ1n) is 10.0. The third-order valence-electron chi connectivity index (χ3n) is 5.38. The van der Waals surface area contributed by atoms with Gasteiger partial charge in [-0.1, -0.05) is 0 Å². The number of methoxy groups -OCH3 is 1. The predicted molar refractivity (Wildman–Crippen MR) is 123 cm³/mol. The largest absolute Gasteiger partial charge is 0.494 e. The lowest BCUT2D eigenvalue weighted by atomic mass is 10.1. The van der Waals surface area contributed by atoms with E-state index in [2.05, 4.69) is 26.3 Å². The molecule has 160 valence electrons. The van der Waals surface area contributed by atoms with Gasteiger partial charge in [-0.3, -0.25) is 9.59 Å². The second-order valence-electron chi connectivity index (χ2n) is 7.43. The number of benzene rings is 2. The molecule has 8 heteroatoms. The van der Waals surface area contributed by atoms with Crippen LogP contribution in [0.1, 0.15) is 34.6 Å². The lowest BCUT2D eigenvalue weighted by Crippen LogP contribution is -2.24. The molecule has 0 atom stereocenters. The maximum atomic E-state index is 12.7. The Morgan fingerprint density at radius 2 is 1.90 bits per heavy atom. The van der Waals surface area contributed by atoms with E-state index >= 15 is 0 Å². The lowest BCUT2D eigenvalue weighted by molar-refractivity contribution is -0.117. The molecule has 1 aliphatic rings. The predicted octanol–water partition coefficient (Wildman–Crippen LogP) is 4.64. The van der Waals surface area contributed by atoms with Gasteiger partial charge in [-0.2, -0.15) is 5.10 Å². The fourth-order valence-electron chi connectivity index (χ4n) is 3.71. The molecule has 0 aliphatic carbocycles. The van der Waals surface area contributed by atoms with Gasteiger partial charge in [-0.15, -0.1) is 0 Å². The zero-order valence-electron chi connectivity index (χ0n) is 17.6. The minimum atomic E-state index is -0.229. The van der Waals surface area contributed by atoms with Gasteiger partial charge in [0.05, 0.1) is 34.3 Å². The summed E-state index contributed by atoms with van der Waals surface area (Å²) in [6, 6.07) is 12.6. The average molecular weight is 483 g/mol. The molecule has 7 nitrogen and oxygen atoms in total. The van der Waals surface area contributed by atoms with Crippen LogP contribution in [0.5, 0.6) is 5.75 Å². The number of amides is 2. The number of nitrogens with zero attached hydrogens (tertiary/aromatic N) is 3. The van der Waals surface area contributed by atoms with Crippen molar-refractivity contribution in [2.24, 2.45) is 0 Å². The van der Waals surface area contributed by atoms with Crippen molar-refractivity contribution in [1.29, 1.82) is 0 Å². The van der Waals surface area contributed by atoms with Gasteiger partial charge in [-0.05, 0) is 72.6 Å². The Morgan fingerprint density at radius 3 is 2.48 bits per heavy atom. The summed E-state index contributed by atoms with van der Waals surface area (Å²) in [5.41, 5.74) is 4.64. The van der Waals surface area contributed by atoms with E-state index in [1.807, 2.05) is 30.7 Å². The number of halogens is 1. The second kappa shape index (κ2) is 8.55. The van der Waals surface area contributed by atoms with Crippen LogP contribution in [-0.4, -0.2) is 35.2 Å². The van der Waals surface area contributed by atoms with Gasteiger partial charge in [0.25, 0.3) is 5.91 Å². The zero-order valence-corrected chi connectivity index (χ0v) is 19.2. The number of hydrogen-bond acceptors (Lipinski definition) is 4. The maximum Gasteiger partial charge on any atom is 0.255 e. The normalized spacial score (nSPS) is 13.5. The summed E-state index contributed by atoms with van der Waals surface area (Å²) in [6.07, 6.45) is 1.39. The van der Waals surface area contributed by atoms with E-state index in [-0.39, 0.29) is 11.8 Å². The number of aromatic nitrogens is 2. The Kier molecular flexibility index (Phi) is 5.82. The molecule has 1 N–H and O–H groups in total. The first kappa shape index (κ1) is 21.1. The minimum Gasteiger partial charge on any atom is -0.494 e. The quantitative estimate of drug-likeness (QED) is 0.574. The molecule has 4 rings (SSSR count). The van der Waals surface area contributed by atoms with E-state index < -0.39 is 0 Å². The smallest absolute Gasteiger partial charge is 0.255 e. The van der Waals surface area contributed by atoms with Crippen molar-refractivity contribution in [3.8, 4) is 11.4 Å². The van der Waals surface area contributed by atoms with Crippen molar-refractivity contribution in [2.45, 2.75) is 26.7 Å². The molecular weight excluding hydrogens is 460 g/mol. The molecule has 0 spiro atoms. The molecule has 1 aliphatic heterocycles. The summed E-state index contributed by atoms with van der Waals surface area (Å²) in [5.74, 6) is 0.413. The van der Waals surface area contributed by atoms with E-state index in [0.717, 1.165) is 33.7 Å². The summed E-state index contributed by atoms with van der Waals surface area (Å²) in [5, 5.41) is 7.41. The standard InChI is InChI=1S/C23H23BrN4O3/c1-14-22(24)15(2)28(26-14)18-9-6-16(7-10-18)23(30)25-17-8-11-19(20(13-17)31-3)27-12-4-5-21(27)29/h6-11,13H,4-5,12H2,1-3H3,(H,25,30). The molecule has 3 aromatic rings. The van der Waals surface area contributed by atoms with Crippen molar-refractivity contribution in [2.75, 3.05) is 23.9 Å². The highest BCUT2D eigenvalue weighted by Gasteiger charge is 2.24. The summed E-state index contributed by atoms with van der Waals surface area (Å²) in [6.45, 7) is 4.60. The summed E-state index contributed by atoms with van der Waals surface area (Å²) < 4.78 is 8.27. The fourth-order valence-corrected chi connectivity index (χ4v) is 3.96. The monoisotopic (exact) mass is 482 g/mol. The van der Waals surface area contributed by atoms with Gasteiger partial charge in [0, 0.05) is 30.3 Å². The third kappa shape index (κ3) is 4.07. The Bertz CT molecular complexity index is 1150. The van der Waals surface area contributed by atoms with Crippen LogP contribution in [0.4, 0.5) is 11.4 Å². The van der Waals surface area contributed by atoms with E-state index in [1.54, 1.807) is 42.3 Å². The van der Waals surface area contributed by atoms with E-state index in [0.29, 0.717) is 30.0 Å². The first-order valence-corrected chi connectivity index (χ1v) is 10.8. The van der Waals surface area contributed by atoms with Crippen molar-refractivity contribution in [3.63, 3.8) is 0 Å². The number of nitrogens with one attached hydrogen (secondary N) is 1. The number of aryl methyl sites for hydroxylation is 1. The summed E-state index contributed by atoms with van der Waals surface area (Å²) >= 11 is 3.53. The Morgan fingerprint density at radius 1 is 1.16 bits per heavy atom. The molecule has 1 aromatic heterocycles. The second-order valence-corrected chi connectivity index (χ2v) is 8.23. The number of anilines is 2. The van der Waals surface area contributed by atoms with E-state index in [4.69, 9.17) is 4.74 Å². The van der Waals surface area contributed by atoms with Crippen molar-refractivity contribution < 1.29 is 14.3 Å². The number of hydrogen-bond donors (Lipinski definition) is 1. The van der Waals surface area contributed by atoms with Crippen molar-refractivity contribution >= 4 is 39.1 Å². The van der Waals surface area contributed by atoms with Crippen LogP contribution in [-0.2, 0) is 4.79 Å². The Balaban J connectivity index is 1.51. The number of rotatable bonds is 5. The van der Waals surface area contributed by atoms with Crippen LogP contribution in [0.25, 0.3) is 5.69 Å². The topological polar surface area (TPSA) is 76.5 Å². The molecule has 31 heavy (non-hydrogen) atoms. The van der Waals surface area contributed by atoms with Gasteiger partial charge >= 0.3 is 0 Å². The fraction of sp³-hybridized carbons (Fsp3) is 0.261. The first-order chi connectivity index (χ1) is 14.9. The maximum absolute atomic E-state index is 12.7. The van der Waals surface area contributed by atoms with E-state index in [9.17, 15) is 9.59 Å². The van der Waals surface area contributed by atoms with Gasteiger partial charge < -0.3 is 15.0 Å². The number of carbonyl (C=O) groups excluding carboxylic acids is 2. The number of carbonyl (C=O) groups is 2. The van der Waals surface area contributed by atoms with Crippen molar-refractivity contribution in [3.05, 3.63) is 63.9 Å². The highest BCUT2D eigenvalue weighted by molar-refractivity contribution is 9.10. The van der Waals surface area contributed by atoms with Gasteiger partial charge in [0.15, 0.2) is 0 Å². The third-order valence-corrected chi connectivity index (χ3v) is 6.53. The Hall–Kier alpha value is -3.13. The lowest BCUT2D eigenvalue weighted by Gasteiger charge is -2.19. The van der Waals surface area contributed by atoms with Crippen LogP contribution in [0.2, 0.25) is 0 Å². The highest BCUT2D eigenvalue weighted by atomic mass is 79.9. The van der Waals surface area contributed by atoms with Crippen LogP contribution in [0.15, 0.2) is 46.9 Å². The number of ether oxygens (including phenoxy) is 1. The zero-order chi connectivity index (χ0) is 22.1. The van der Waals surface area contributed by atoms with Crippen LogP contribution < -0.4 is 15.0 Å². The van der Waals surface area contributed by atoms with Gasteiger partial charge in [-0.25, -0.2) is 4.68 Å². The molecule has 1 saturated heterocycles. The van der Waals surface area contributed by atoms with Crippen LogP contribution in [0.3, 0.4) is 0 Å². The minimum absolute atomic E-state index is 0.0878. The SMILES string of the molecule is COc1cc(NC(=O)c2ccc(-n3nc(C)c(Br)c3C)cc2)ccc1N1CCCC1=O. The molecule has 0 bridgehead atoms. The summed E-state index contributed by atoms with van der Waals surface area (Å²) in [4.78, 5) is 26.5. The average Bonchev–Trinajstić information content (AvgIpc) is 3.31. The van der Waals surface area contributed by atoms with Crippen molar-refractivity contribution in [1.82, 2.24) is 9.78 Å². The molecule has 2 heterocycles. The van der Waals surface area contributed by atoms with E-state index in [1.165, 1.54) is 0 Å². The van der Waals surface area contributed by atoms with Crippen LogP contribution in [0, 0.1) is 13.8 Å². The molecule has 1 fully saturated rings.